The van der Waals surface area contributed by atoms with E-state index in [4.69, 9.17) is 0 Å². The maximum Gasteiger partial charge on any atom is 0.300 e. The van der Waals surface area contributed by atoms with Gasteiger partial charge in [0.05, 0.1) is 11.3 Å². The molecule has 2 N–H and O–H groups in total. The smallest absolute Gasteiger partial charge is 0.300 e. The van der Waals surface area contributed by atoms with Gasteiger partial charge in [-0.3, -0.25) is 9.59 Å². The second-order valence-corrected chi connectivity index (χ2v) is 6.83. The molecule has 0 heterocycles. The molecule has 1 aromatic rings. The first-order valence-corrected chi connectivity index (χ1v) is 9.39. The molecule has 0 saturated heterocycles. The fraction of sp³-hybridized carbons (Fsp3) is 0.545. The van der Waals surface area contributed by atoms with Crippen molar-refractivity contribution in [2.24, 2.45) is 11.8 Å². The number of carbonyl (C=O) groups is 2. The van der Waals surface area contributed by atoms with Crippen LogP contribution in [-0.2, 0) is 4.79 Å². The van der Waals surface area contributed by atoms with Crippen molar-refractivity contribution in [2.45, 2.75) is 67.9 Å². The summed E-state index contributed by atoms with van der Waals surface area (Å²) in [7, 11) is 0. The van der Waals surface area contributed by atoms with Crippen molar-refractivity contribution in [3.63, 3.8) is 0 Å². The van der Waals surface area contributed by atoms with E-state index in [0.29, 0.717) is 23.1 Å². The van der Waals surface area contributed by atoms with E-state index in [1.165, 1.54) is 0 Å². The molecule has 4 heteroatoms. The Morgan fingerprint density at radius 1 is 1.12 bits per heavy atom. The predicted molar refractivity (Wildman–Crippen MR) is 110 cm³/mol. The molecule has 26 heavy (non-hydrogen) atoms. The molecule has 1 atom stereocenters. The monoisotopic (exact) mass is 358 g/mol. The van der Waals surface area contributed by atoms with Crippen molar-refractivity contribution in [3.05, 3.63) is 29.3 Å². The van der Waals surface area contributed by atoms with E-state index in [0.717, 1.165) is 12.0 Å². The molecular formula is C22H34N2O2. The van der Waals surface area contributed by atoms with Crippen LogP contribution < -0.4 is 10.6 Å². The Hall–Kier alpha value is -2.28. The van der Waals surface area contributed by atoms with Gasteiger partial charge in [0.1, 0.15) is 0 Å². The van der Waals surface area contributed by atoms with E-state index in [1.54, 1.807) is 19.1 Å². The molecule has 1 unspecified atom stereocenters. The molecule has 0 bridgehead atoms. The molecular weight excluding hydrogens is 324 g/mol. The minimum absolute atomic E-state index is 0.0952. The summed E-state index contributed by atoms with van der Waals surface area (Å²) in [5, 5.41) is 5.81. The third kappa shape index (κ3) is 8.20. The van der Waals surface area contributed by atoms with Crippen LogP contribution in [0.15, 0.2) is 18.2 Å². The lowest BCUT2D eigenvalue weighted by molar-refractivity contribution is -0.111. The van der Waals surface area contributed by atoms with Gasteiger partial charge in [-0.25, -0.2) is 0 Å². The lowest BCUT2D eigenvalue weighted by Crippen LogP contribution is -2.39. The van der Waals surface area contributed by atoms with Crippen LogP contribution in [0.2, 0.25) is 0 Å². The standard InChI is InChI=1S/C20H28N2O2.C2H6/c1-7-8-19(23)21-18-12-15(6)9-10-16(18)20(24)22-17(14(4)5)11-13(2)3;1-2/h9-10,12-14,17H,11H2,1-6H3,(H,21,23)(H,22,24);1-2H3. The van der Waals surface area contributed by atoms with Crippen molar-refractivity contribution < 1.29 is 9.59 Å². The maximum absolute atomic E-state index is 12.7. The Morgan fingerprint density at radius 2 is 1.73 bits per heavy atom. The van der Waals surface area contributed by atoms with E-state index < -0.39 is 5.91 Å². The van der Waals surface area contributed by atoms with Gasteiger partial charge in [-0.15, -0.1) is 0 Å². The summed E-state index contributed by atoms with van der Waals surface area (Å²) in [6, 6.07) is 5.49. The van der Waals surface area contributed by atoms with Crippen molar-refractivity contribution in [1.29, 1.82) is 0 Å². The zero-order valence-electron chi connectivity index (χ0n) is 17.5. The van der Waals surface area contributed by atoms with E-state index >= 15 is 0 Å². The Balaban J connectivity index is 0.00000301. The average Bonchev–Trinajstić information content (AvgIpc) is 2.55. The molecule has 0 aromatic heterocycles. The number of anilines is 1. The molecule has 1 aromatic carbocycles. The predicted octanol–water partition coefficient (Wildman–Crippen LogP) is 4.78. The fourth-order valence-electron chi connectivity index (χ4n) is 2.48. The first-order valence-electron chi connectivity index (χ1n) is 9.39. The van der Waals surface area contributed by atoms with Gasteiger partial charge < -0.3 is 10.6 Å². The van der Waals surface area contributed by atoms with Crippen LogP contribution in [0.25, 0.3) is 0 Å². The van der Waals surface area contributed by atoms with Crippen LogP contribution in [0.3, 0.4) is 0 Å². The average molecular weight is 359 g/mol. The largest absolute Gasteiger partial charge is 0.349 e. The van der Waals surface area contributed by atoms with E-state index in [-0.39, 0.29) is 11.9 Å². The third-order valence-electron chi connectivity index (χ3n) is 3.75. The Bertz CT molecular complexity index is 652. The zero-order chi connectivity index (χ0) is 20.3. The van der Waals surface area contributed by atoms with Gasteiger partial charge in [0.15, 0.2) is 0 Å². The summed E-state index contributed by atoms with van der Waals surface area (Å²) < 4.78 is 0. The summed E-state index contributed by atoms with van der Waals surface area (Å²) in [5.41, 5.74) is 1.92. The highest BCUT2D eigenvalue weighted by Gasteiger charge is 2.20. The molecule has 0 spiro atoms. The normalized spacial score (nSPS) is 11.0. The zero-order valence-corrected chi connectivity index (χ0v) is 17.5. The topological polar surface area (TPSA) is 58.2 Å². The first kappa shape index (κ1) is 23.7. The van der Waals surface area contributed by atoms with Crippen molar-refractivity contribution >= 4 is 17.5 Å². The highest BCUT2D eigenvalue weighted by molar-refractivity contribution is 6.09. The Labute approximate surface area is 159 Å². The summed E-state index contributed by atoms with van der Waals surface area (Å²) >= 11 is 0. The van der Waals surface area contributed by atoms with E-state index in [9.17, 15) is 9.59 Å². The second-order valence-electron chi connectivity index (χ2n) is 6.83. The van der Waals surface area contributed by atoms with Gasteiger partial charge in [0.2, 0.25) is 0 Å². The van der Waals surface area contributed by atoms with Crippen LogP contribution in [0.1, 0.15) is 70.8 Å². The van der Waals surface area contributed by atoms with Crippen molar-refractivity contribution in [3.8, 4) is 11.8 Å². The number of benzene rings is 1. The van der Waals surface area contributed by atoms with Crippen LogP contribution >= 0.6 is 0 Å². The van der Waals surface area contributed by atoms with Crippen LogP contribution in [0.4, 0.5) is 5.69 Å². The summed E-state index contributed by atoms with van der Waals surface area (Å²) in [5.74, 6) is 5.23. The first-order chi connectivity index (χ1) is 12.2. The number of amides is 2. The maximum atomic E-state index is 12.7. The minimum Gasteiger partial charge on any atom is -0.349 e. The number of hydrogen-bond acceptors (Lipinski definition) is 2. The molecule has 4 nitrogen and oxygen atoms in total. The quantitative estimate of drug-likeness (QED) is 0.719. The molecule has 0 aliphatic rings. The molecule has 2 amide bonds. The van der Waals surface area contributed by atoms with Gasteiger partial charge in [-0.05, 0) is 55.7 Å². The Kier molecular flexibility index (Phi) is 11.1. The molecule has 144 valence electrons. The highest BCUT2D eigenvalue weighted by Crippen LogP contribution is 2.19. The minimum atomic E-state index is -0.417. The number of rotatable bonds is 6. The number of nitrogens with one attached hydrogen (secondary N) is 2. The number of carbonyl (C=O) groups excluding carboxylic acids is 2. The molecule has 0 radical (unpaired) electrons. The van der Waals surface area contributed by atoms with Gasteiger partial charge in [-0.1, -0.05) is 53.5 Å². The molecule has 0 fully saturated rings. The Morgan fingerprint density at radius 3 is 2.23 bits per heavy atom. The lowest BCUT2D eigenvalue weighted by atomic mass is 9.94. The van der Waals surface area contributed by atoms with Gasteiger partial charge in [0, 0.05) is 6.04 Å². The number of hydrogen-bond donors (Lipinski definition) is 2. The fourth-order valence-corrected chi connectivity index (χ4v) is 2.48. The van der Waals surface area contributed by atoms with Gasteiger partial charge in [0.25, 0.3) is 11.8 Å². The summed E-state index contributed by atoms with van der Waals surface area (Å²) in [6.07, 6.45) is 0.915. The van der Waals surface area contributed by atoms with Crippen molar-refractivity contribution in [1.82, 2.24) is 5.32 Å². The molecule has 0 saturated carbocycles. The van der Waals surface area contributed by atoms with Gasteiger partial charge >= 0.3 is 0 Å². The second kappa shape index (κ2) is 12.1. The summed E-state index contributed by atoms with van der Waals surface area (Å²) in [6.45, 7) is 16.0. The summed E-state index contributed by atoms with van der Waals surface area (Å²) in [4.78, 5) is 24.5. The molecule has 0 aliphatic carbocycles. The number of aryl methyl sites for hydroxylation is 1. The van der Waals surface area contributed by atoms with Crippen LogP contribution in [0, 0.1) is 30.6 Å². The SMILES string of the molecule is CC.CC#CC(=O)Nc1cc(C)ccc1C(=O)NC(CC(C)C)C(C)C. The van der Waals surface area contributed by atoms with Crippen LogP contribution in [-0.4, -0.2) is 17.9 Å². The highest BCUT2D eigenvalue weighted by atomic mass is 16.2. The van der Waals surface area contributed by atoms with Gasteiger partial charge in [-0.2, -0.15) is 0 Å². The van der Waals surface area contributed by atoms with E-state index in [1.807, 2.05) is 26.8 Å². The molecule has 0 aliphatic heterocycles. The van der Waals surface area contributed by atoms with E-state index in [2.05, 4.69) is 50.2 Å². The van der Waals surface area contributed by atoms with Crippen molar-refractivity contribution in [2.75, 3.05) is 5.32 Å². The molecule has 1 rings (SSSR count). The third-order valence-corrected chi connectivity index (χ3v) is 3.75. The van der Waals surface area contributed by atoms with Crippen LogP contribution in [0.5, 0.6) is 0 Å². The lowest BCUT2D eigenvalue weighted by Gasteiger charge is -2.24.